The van der Waals surface area contributed by atoms with Crippen LogP contribution in [0, 0.1) is 0 Å². The minimum Gasteiger partial charge on any atom is -0.342 e. The molecule has 0 fully saturated rings. The fourth-order valence-electron chi connectivity index (χ4n) is 3.49. The van der Waals surface area contributed by atoms with E-state index in [1.165, 1.54) is 0 Å². The van der Waals surface area contributed by atoms with E-state index < -0.39 is 14.5 Å². The number of hydrogen-bond acceptors (Lipinski definition) is 3. The molecule has 0 bridgehead atoms. The summed E-state index contributed by atoms with van der Waals surface area (Å²) in [6.45, 7) is 0.738. The molecular formula is C21H20NO3P. The molecule has 5 heteroatoms. The van der Waals surface area contributed by atoms with E-state index >= 15 is 0 Å². The van der Waals surface area contributed by atoms with Crippen LogP contribution < -0.4 is 4.90 Å². The smallest absolute Gasteiger partial charge is 0.318 e. The van der Waals surface area contributed by atoms with E-state index in [0.29, 0.717) is 0 Å². The van der Waals surface area contributed by atoms with Crippen molar-refractivity contribution in [2.75, 3.05) is 11.4 Å². The largest absolute Gasteiger partial charge is 0.342 e. The summed E-state index contributed by atoms with van der Waals surface area (Å²) in [4.78, 5) is 11.4. The van der Waals surface area contributed by atoms with Crippen LogP contribution in [-0.4, -0.2) is 11.4 Å². The summed E-state index contributed by atoms with van der Waals surface area (Å²) in [5, 5.41) is 0. The Kier molecular flexibility index (Phi) is 4.89. The van der Waals surface area contributed by atoms with Crippen molar-refractivity contribution in [3.63, 3.8) is 0 Å². The van der Waals surface area contributed by atoms with Crippen LogP contribution in [0.5, 0.6) is 0 Å². The van der Waals surface area contributed by atoms with Gasteiger partial charge in [-0.05, 0) is 35.2 Å². The zero-order valence-corrected chi connectivity index (χ0v) is 15.2. The molecule has 0 saturated heterocycles. The van der Waals surface area contributed by atoms with Crippen LogP contribution in [-0.2, 0) is 15.5 Å². The molecule has 1 N–H and O–H groups in total. The minimum absolute atomic E-state index is 0.543. The maximum absolute atomic E-state index is 11.4. The molecule has 0 amide bonds. The molecule has 1 aliphatic rings. The summed E-state index contributed by atoms with van der Waals surface area (Å²) in [6.07, 6.45) is 0.335. The Bertz CT molecular complexity index is 912. The molecule has 0 radical (unpaired) electrons. The van der Waals surface area contributed by atoms with Crippen molar-refractivity contribution in [3.05, 3.63) is 90.0 Å². The summed E-state index contributed by atoms with van der Waals surface area (Å²) in [5.41, 5.74) is 5.40. The zero-order valence-electron chi connectivity index (χ0n) is 14.2. The number of fused-ring (bicyclic) bond motifs is 1. The van der Waals surface area contributed by atoms with E-state index in [9.17, 15) is 9.46 Å². The Labute approximate surface area is 153 Å². The molecular weight excluding hydrogens is 345 g/mol. The number of anilines is 1. The van der Waals surface area contributed by atoms with Gasteiger partial charge in [0, 0.05) is 17.8 Å². The SMILES string of the molecule is O=[PH](O)O[C@H]1c2ccccc2CCN1c1ccc(-c2ccccc2)cc1. The van der Waals surface area contributed by atoms with Crippen molar-refractivity contribution in [1.29, 1.82) is 0 Å². The van der Waals surface area contributed by atoms with Gasteiger partial charge >= 0.3 is 8.25 Å². The Morgan fingerprint density at radius 3 is 2.27 bits per heavy atom. The van der Waals surface area contributed by atoms with Gasteiger partial charge in [0.05, 0.1) is 0 Å². The summed E-state index contributed by atoms with van der Waals surface area (Å²) >= 11 is 0. The second-order valence-electron chi connectivity index (χ2n) is 6.29. The number of rotatable bonds is 4. The minimum atomic E-state index is -3.06. The van der Waals surface area contributed by atoms with E-state index in [1.54, 1.807) is 0 Å². The van der Waals surface area contributed by atoms with Gasteiger partial charge in [-0.1, -0.05) is 66.7 Å². The molecule has 0 spiro atoms. The van der Waals surface area contributed by atoms with Crippen LogP contribution in [0.15, 0.2) is 78.9 Å². The Morgan fingerprint density at radius 2 is 1.54 bits per heavy atom. The van der Waals surface area contributed by atoms with Crippen molar-refractivity contribution in [1.82, 2.24) is 0 Å². The Morgan fingerprint density at radius 1 is 0.885 bits per heavy atom. The Balaban J connectivity index is 1.66. The molecule has 1 heterocycles. The standard InChI is InChI=1S/C21H20NO3P/c23-26(24)25-21-20-9-5-4-8-18(20)14-15-22(21)19-12-10-17(11-13-19)16-6-2-1-3-7-16/h1-13,21,26H,14-15H2,(H,23,24)/t21-/m0/s1. The lowest BCUT2D eigenvalue weighted by molar-refractivity contribution is 0.179. The fourth-order valence-corrected chi connectivity index (χ4v) is 3.94. The van der Waals surface area contributed by atoms with Crippen molar-refractivity contribution < 1.29 is 14.0 Å². The van der Waals surface area contributed by atoms with Gasteiger partial charge in [-0.25, -0.2) is 0 Å². The third kappa shape index (κ3) is 3.45. The molecule has 2 atom stereocenters. The van der Waals surface area contributed by atoms with Crippen molar-refractivity contribution in [3.8, 4) is 11.1 Å². The molecule has 0 aliphatic carbocycles. The van der Waals surface area contributed by atoms with Crippen molar-refractivity contribution in [2.24, 2.45) is 0 Å². The molecule has 1 unspecified atom stereocenters. The van der Waals surface area contributed by atoms with Gasteiger partial charge in [0.2, 0.25) is 0 Å². The average molecular weight is 365 g/mol. The predicted octanol–water partition coefficient (Wildman–Crippen LogP) is 4.81. The third-order valence-electron chi connectivity index (χ3n) is 4.74. The lowest BCUT2D eigenvalue weighted by Crippen LogP contribution is -2.36. The summed E-state index contributed by atoms with van der Waals surface area (Å²) in [6, 6.07) is 26.4. The van der Waals surface area contributed by atoms with Gasteiger partial charge < -0.3 is 9.79 Å². The molecule has 4 nitrogen and oxygen atoms in total. The van der Waals surface area contributed by atoms with Crippen molar-refractivity contribution >= 4 is 13.9 Å². The highest BCUT2D eigenvalue weighted by molar-refractivity contribution is 7.32. The first-order valence-corrected chi connectivity index (χ1v) is 9.88. The Hall–Kier alpha value is -2.39. The normalized spacial score (nSPS) is 17.6. The summed E-state index contributed by atoms with van der Waals surface area (Å²) in [7, 11) is -3.06. The van der Waals surface area contributed by atoms with E-state index in [4.69, 9.17) is 4.52 Å². The van der Waals surface area contributed by atoms with Crippen LogP contribution in [0.3, 0.4) is 0 Å². The fraction of sp³-hybridized carbons (Fsp3) is 0.143. The first kappa shape index (κ1) is 17.0. The molecule has 3 aromatic carbocycles. The van der Waals surface area contributed by atoms with Crippen molar-refractivity contribution in [2.45, 2.75) is 12.6 Å². The maximum Gasteiger partial charge on any atom is 0.318 e. The third-order valence-corrected chi connectivity index (χ3v) is 5.17. The molecule has 0 aromatic heterocycles. The highest BCUT2D eigenvalue weighted by Gasteiger charge is 2.29. The number of nitrogens with zero attached hydrogens (tertiary/aromatic N) is 1. The second-order valence-corrected chi connectivity index (χ2v) is 7.06. The molecule has 26 heavy (non-hydrogen) atoms. The van der Waals surface area contributed by atoms with Gasteiger partial charge in [0.25, 0.3) is 0 Å². The molecule has 0 saturated carbocycles. The second kappa shape index (κ2) is 7.46. The van der Waals surface area contributed by atoms with Gasteiger partial charge in [0.15, 0.2) is 6.23 Å². The molecule has 3 aromatic rings. The topological polar surface area (TPSA) is 49.8 Å². The summed E-state index contributed by atoms with van der Waals surface area (Å²) < 4.78 is 16.9. The maximum atomic E-state index is 11.4. The van der Waals surface area contributed by atoms with Crippen LogP contribution >= 0.6 is 8.25 Å². The van der Waals surface area contributed by atoms with E-state index in [1.807, 2.05) is 48.5 Å². The van der Waals surface area contributed by atoms with Gasteiger partial charge in [-0.15, -0.1) is 0 Å². The number of benzene rings is 3. The van der Waals surface area contributed by atoms with E-state index in [0.717, 1.165) is 40.9 Å². The average Bonchev–Trinajstić information content (AvgIpc) is 2.69. The first-order valence-electron chi connectivity index (χ1n) is 8.62. The molecule has 4 rings (SSSR count). The first-order chi connectivity index (χ1) is 12.7. The van der Waals surface area contributed by atoms with Crippen LogP contribution in [0.2, 0.25) is 0 Å². The van der Waals surface area contributed by atoms with Crippen LogP contribution in [0.4, 0.5) is 5.69 Å². The zero-order chi connectivity index (χ0) is 17.9. The van der Waals surface area contributed by atoms with E-state index in [2.05, 4.69) is 35.2 Å². The van der Waals surface area contributed by atoms with Crippen LogP contribution in [0.25, 0.3) is 11.1 Å². The lowest BCUT2D eigenvalue weighted by atomic mass is 9.97. The van der Waals surface area contributed by atoms with Gasteiger partial charge in [-0.3, -0.25) is 9.09 Å². The number of hydrogen-bond donors (Lipinski definition) is 1. The highest BCUT2D eigenvalue weighted by atomic mass is 31.1. The molecule has 132 valence electrons. The quantitative estimate of drug-likeness (QED) is 0.674. The summed E-state index contributed by atoms with van der Waals surface area (Å²) in [5.74, 6) is 0. The molecule has 1 aliphatic heterocycles. The monoisotopic (exact) mass is 365 g/mol. The lowest BCUT2D eigenvalue weighted by Gasteiger charge is -2.37. The van der Waals surface area contributed by atoms with Gasteiger partial charge in [-0.2, -0.15) is 0 Å². The highest BCUT2D eigenvalue weighted by Crippen LogP contribution is 2.39. The van der Waals surface area contributed by atoms with Gasteiger partial charge in [0.1, 0.15) is 0 Å². The predicted molar refractivity (Wildman–Crippen MR) is 104 cm³/mol. The van der Waals surface area contributed by atoms with E-state index in [-0.39, 0.29) is 0 Å². The van der Waals surface area contributed by atoms with Crippen LogP contribution in [0.1, 0.15) is 17.4 Å².